The predicted molar refractivity (Wildman–Crippen MR) is 78.3 cm³/mol. The normalized spacial score (nSPS) is 17.9. The first kappa shape index (κ1) is 15.5. The minimum atomic E-state index is -0.757. The quantitative estimate of drug-likeness (QED) is 0.805. The van der Waals surface area contributed by atoms with E-state index in [1.54, 1.807) is 26.1 Å². The Hall–Kier alpha value is -1.93. The van der Waals surface area contributed by atoms with E-state index in [0.717, 1.165) is 6.07 Å². The standard InChI is InChI=1S/C15H15ClFN3O/c1-15(2,9-16)14(21)20-13(3-4-19-20)11-5-10(8-18)6-12(17)7-11/h4-7,13H,3,9H2,1-2H3. The molecule has 21 heavy (non-hydrogen) atoms. The number of halogens is 2. The molecule has 0 fully saturated rings. The van der Waals surface area contributed by atoms with Gasteiger partial charge in [-0.2, -0.15) is 10.4 Å². The highest BCUT2D eigenvalue weighted by Crippen LogP contribution is 2.33. The molecular formula is C15H15ClFN3O. The molecule has 1 atom stereocenters. The Morgan fingerprint density at radius 2 is 2.29 bits per heavy atom. The number of benzene rings is 1. The van der Waals surface area contributed by atoms with Gasteiger partial charge >= 0.3 is 0 Å². The van der Waals surface area contributed by atoms with Gasteiger partial charge in [-0.3, -0.25) is 4.79 Å². The molecule has 0 N–H and O–H groups in total. The summed E-state index contributed by atoms with van der Waals surface area (Å²) in [6.45, 7) is 3.47. The molecule has 2 rings (SSSR count). The maximum absolute atomic E-state index is 13.6. The van der Waals surface area contributed by atoms with E-state index in [9.17, 15) is 9.18 Å². The van der Waals surface area contributed by atoms with Crippen molar-refractivity contribution in [2.75, 3.05) is 5.88 Å². The van der Waals surface area contributed by atoms with Gasteiger partial charge in [0.1, 0.15) is 5.82 Å². The molecule has 1 aliphatic rings. The van der Waals surface area contributed by atoms with Crippen molar-refractivity contribution in [3.63, 3.8) is 0 Å². The Bertz CT molecular complexity index is 636. The first-order valence-corrected chi connectivity index (χ1v) is 7.05. The number of nitriles is 1. The van der Waals surface area contributed by atoms with Crippen LogP contribution in [0.5, 0.6) is 0 Å². The van der Waals surface area contributed by atoms with Gasteiger partial charge < -0.3 is 0 Å². The number of hydrogen-bond acceptors (Lipinski definition) is 3. The SMILES string of the molecule is CC(C)(CCl)C(=O)N1N=CCC1c1cc(F)cc(C#N)c1. The Morgan fingerprint density at radius 1 is 1.57 bits per heavy atom. The first-order valence-electron chi connectivity index (χ1n) is 6.51. The highest BCUT2D eigenvalue weighted by atomic mass is 35.5. The average molecular weight is 308 g/mol. The third-order valence-corrected chi connectivity index (χ3v) is 4.05. The molecule has 0 radical (unpaired) electrons. The molecule has 0 spiro atoms. The highest BCUT2D eigenvalue weighted by molar-refractivity contribution is 6.19. The van der Waals surface area contributed by atoms with Crippen molar-refractivity contribution >= 4 is 23.7 Å². The lowest BCUT2D eigenvalue weighted by molar-refractivity contribution is -0.141. The lowest BCUT2D eigenvalue weighted by atomic mass is 9.93. The van der Waals surface area contributed by atoms with Crippen molar-refractivity contribution < 1.29 is 9.18 Å². The molecule has 1 aromatic carbocycles. The molecule has 110 valence electrons. The number of carbonyl (C=O) groups excluding carboxylic acids is 1. The van der Waals surface area contributed by atoms with Crippen LogP contribution in [0.2, 0.25) is 0 Å². The Labute approximate surface area is 127 Å². The number of rotatable bonds is 3. The van der Waals surface area contributed by atoms with Crippen LogP contribution in [0.3, 0.4) is 0 Å². The number of carbonyl (C=O) groups is 1. The number of hydrogen-bond donors (Lipinski definition) is 0. The van der Waals surface area contributed by atoms with E-state index >= 15 is 0 Å². The minimum Gasteiger partial charge on any atom is -0.272 e. The molecule has 1 aromatic rings. The molecule has 0 saturated carbocycles. The summed E-state index contributed by atoms with van der Waals surface area (Å²) in [5.41, 5.74) is 0.0241. The molecular weight excluding hydrogens is 293 g/mol. The molecule has 0 aromatic heterocycles. The van der Waals surface area contributed by atoms with Crippen LogP contribution in [0, 0.1) is 22.6 Å². The number of nitrogens with zero attached hydrogens (tertiary/aromatic N) is 3. The van der Waals surface area contributed by atoms with Crippen LogP contribution < -0.4 is 0 Å². The maximum atomic E-state index is 13.6. The van der Waals surface area contributed by atoms with Gasteiger partial charge in [0.25, 0.3) is 0 Å². The summed E-state index contributed by atoms with van der Waals surface area (Å²) >= 11 is 5.83. The lowest BCUT2D eigenvalue weighted by Gasteiger charge is -2.29. The maximum Gasteiger partial charge on any atom is 0.250 e. The van der Waals surface area contributed by atoms with E-state index < -0.39 is 17.3 Å². The second-order valence-electron chi connectivity index (χ2n) is 5.60. The van der Waals surface area contributed by atoms with Crippen molar-refractivity contribution in [3.8, 4) is 6.07 Å². The molecule has 1 aliphatic heterocycles. The topological polar surface area (TPSA) is 56.5 Å². The molecule has 0 aliphatic carbocycles. The van der Waals surface area contributed by atoms with E-state index in [1.807, 2.05) is 6.07 Å². The molecule has 0 bridgehead atoms. The second kappa shape index (κ2) is 5.82. The molecule has 6 heteroatoms. The van der Waals surface area contributed by atoms with Gasteiger partial charge in [0, 0.05) is 18.5 Å². The monoisotopic (exact) mass is 307 g/mol. The minimum absolute atomic E-state index is 0.164. The molecule has 0 saturated heterocycles. The van der Waals surface area contributed by atoms with Gasteiger partial charge in [-0.25, -0.2) is 9.40 Å². The van der Waals surface area contributed by atoms with Gasteiger partial charge in [0.05, 0.1) is 23.1 Å². The summed E-state index contributed by atoms with van der Waals surface area (Å²) in [5, 5.41) is 14.3. The van der Waals surface area contributed by atoms with E-state index in [2.05, 4.69) is 5.10 Å². The smallest absolute Gasteiger partial charge is 0.250 e. The lowest BCUT2D eigenvalue weighted by Crippen LogP contribution is -2.39. The van der Waals surface area contributed by atoms with Gasteiger partial charge in [0.15, 0.2) is 0 Å². The number of amides is 1. The van der Waals surface area contributed by atoms with Crippen LogP contribution in [0.15, 0.2) is 23.3 Å². The zero-order chi connectivity index (χ0) is 15.6. The Morgan fingerprint density at radius 3 is 2.90 bits per heavy atom. The Kier molecular flexibility index (Phi) is 4.29. The van der Waals surface area contributed by atoms with Crippen molar-refractivity contribution in [2.24, 2.45) is 10.5 Å². The van der Waals surface area contributed by atoms with Crippen LogP contribution in [0.1, 0.15) is 37.4 Å². The van der Waals surface area contributed by atoms with Crippen LogP contribution >= 0.6 is 11.6 Å². The van der Waals surface area contributed by atoms with Crippen molar-refractivity contribution in [3.05, 3.63) is 35.1 Å². The average Bonchev–Trinajstić information content (AvgIpc) is 2.94. The zero-order valence-electron chi connectivity index (χ0n) is 11.8. The summed E-state index contributed by atoms with van der Waals surface area (Å²) in [6, 6.07) is 5.58. The van der Waals surface area contributed by atoms with Gasteiger partial charge in [-0.15, -0.1) is 11.6 Å². The summed E-state index contributed by atoms with van der Waals surface area (Å²) in [6.07, 6.45) is 2.10. The van der Waals surface area contributed by atoms with Gasteiger partial charge in [-0.1, -0.05) is 0 Å². The van der Waals surface area contributed by atoms with E-state index in [0.29, 0.717) is 12.0 Å². The van der Waals surface area contributed by atoms with E-state index in [4.69, 9.17) is 16.9 Å². The fraction of sp³-hybridized carbons (Fsp3) is 0.400. The van der Waals surface area contributed by atoms with Crippen LogP contribution in [0.25, 0.3) is 0 Å². The highest BCUT2D eigenvalue weighted by Gasteiger charge is 2.37. The second-order valence-corrected chi connectivity index (χ2v) is 5.87. The predicted octanol–water partition coefficient (Wildman–Crippen LogP) is 3.22. The van der Waals surface area contributed by atoms with Crippen molar-refractivity contribution in [1.29, 1.82) is 5.26 Å². The summed E-state index contributed by atoms with van der Waals surface area (Å²) in [7, 11) is 0. The molecule has 1 amide bonds. The Balaban J connectivity index is 2.35. The van der Waals surface area contributed by atoms with E-state index in [-0.39, 0.29) is 17.4 Å². The fourth-order valence-electron chi connectivity index (χ4n) is 2.12. The molecule has 1 heterocycles. The fourth-order valence-corrected chi connectivity index (χ4v) is 2.24. The van der Waals surface area contributed by atoms with Crippen LogP contribution in [0.4, 0.5) is 4.39 Å². The zero-order valence-corrected chi connectivity index (χ0v) is 12.6. The molecule has 1 unspecified atom stereocenters. The summed E-state index contributed by atoms with van der Waals surface area (Å²) in [4.78, 5) is 12.5. The number of hydrazone groups is 1. The van der Waals surface area contributed by atoms with Crippen molar-refractivity contribution in [2.45, 2.75) is 26.3 Å². The van der Waals surface area contributed by atoms with Crippen molar-refractivity contribution in [1.82, 2.24) is 5.01 Å². The molecule has 4 nitrogen and oxygen atoms in total. The van der Waals surface area contributed by atoms with E-state index in [1.165, 1.54) is 11.1 Å². The third-order valence-electron chi connectivity index (χ3n) is 3.39. The van der Waals surface area contributed by atoms with Gasteiger partial charge in [-0.05, 0) is 37.6 Å². The first-order chi connectivity index (χ1) is 9.89. The van der Waals surface area contributed by atoms with Crippen LogP contribution in [-0.2, 0) is 4.79 Å². The van der Waals surface area contributed by atoms with Crippen LogP contribution in [-0.4, -0.2) is 23.0 Å². The third kappa shape index (κ3) is 3.06. The summed E-state index contributed by atoms with van der Waals surface area (Å²) < 4.78 is 13.6. The largest absolute Gasteiger partial charge is 0.272 e. The number of alkyl halides is 1. The van der Waals surface area contributed by atoms with Gasteiger partial charge in [0.2, 0.25) is 5.91 Å². The summed E-state index contributed by atoms with van der Waals surface area (Å²) in [5.74, 6) is -0.559.